The van der Waals surface area contributed by atoms with Crippen molar-refractivity contribution in [2.45, 2.75) is 64.8 Å². The summed E-state index contributed by atoms with van der Waals surface area (Å²) in [6.45, 7) is 9.03. The van der Waals surface area contributed by atoms with Crippen molar-refractivity contribution in [3.05, 3.63) is 82.6 Å². The molecule has 1 heterocycles. The number of benzene rings is 2. The second-order valence-corrected chi connectivity index (χ2v) is 9.30. The van der Waals surface area contributed by atoms with Crippen molar-refractivity contribution >= 4 is 11.7 Å². The molecule has 1 N–H and O–H groups in total. The zero-order chi connectivity index (χ0) is 22.6. The average Bonchev–Trinajstić information content (AvgIpc) is 3.01. The summed E-state index contributed by atoms with van der Waals surface area (Å²) in [4.78, 5) is 27.7. The number of Topliss-reactive ketones (excluding diaryl/α,β-unsaturated/α-hetero) is 1. The molecule has 0 spiro atoms. The molecule has 3 rings (SSSR count). The monoisotopic (exact) mass is 419 g/mol. The molecular formula is C27H33NO3. The van der Waals surface area contributed by atoms with Crippen LogP contribution in [0, 0.1) is 0 Å². The highest BCUT2D eigenvalue weighted by atomic mass is 16.3. The van der Waals surface area contributed by atoms with Crippen molar-refractivity contribution in [2.75, 3.05) is 6.54 Å². The van der Waals surface area contributed by atoms with Crippen LogP contribution in [-0.4, -0.2) is 28.2 Å². The fourth-order valence-electron chi connectivity index (χ4n) is 4.05. The third-order valence-corrected chi connectivity index (χ3v) is 5.93. The fourth-order valence-corrected chi connectivity index (χ4v) is 4.05. The van der Waals surface area contributed by atoms with E-state index in [1.807, 2.05) is 42.5 Å². The van der Waals surface area contributed by atoms with E-state index < -0.39 is 11.9 Å². The molecule has 4 nitrogen and oxygen atoms in total. The number of unbranched alkanes of at least 4 members (excludes halogenated alkanes) is 1. The lowest BCUT2D eigenvalue weighted by Gasteiger charge is -2.27. The highest BCUT2D eigenvalue weighted by molar-refractivity contribution is 6.09. The molecule has 164 valence electrons. The third-order valence-electron chi connectivity index (χ3n) is 5.93. The van der Waals surface area contributed by atoms with Gasteiger partial charge < -0.3 is 10.0 Å². The molecule has 1 unspecified atom stereocenters. The van der Waals surface area contributed by atoms with E-state index in [0.29, 0.717) is 13.0 Å². The molecule has 1 amide bonds. The summed E-state index contributed by atoms with van der Waals surface area (Å²) in [5.74, 6) is -1.00. The minimum absolute atomic E-state index is 0.0121. The quantitative estimate of drug-likeness (QED) is 0.599. The van der Waals surface area contributed by atoms with Gasteiger partial charge in [0.1, 0.15) is 0 Å². The van der Waals surface area contributed by atoms with Crippen LogP contribution < -0.4 is 0 Å². The molecule has 0 saturated heterocycles. The summed E-state index contributed by atoms with van der Waals surface area (Å²) in [7, 11) is 0. The minimum Gasteiger partial charge on any atom is -0.503 e. The van der Waals surface area contributed by atoms with Gasteiger partial charge in [0, 0.05) is 13.0 Å². The maximum absolute atomic E-state index is 13.2. The molecule has 4 heteroatoms. The van der Waals surface area contributed by atoms with Crippen LogP contribution >= 0.6 is 0 Å². The molecule has 0 fully saturated rings. The SMILES string of the molecule is CCCCN1C(=O)C(O)=C(C(=O)CCc2ccccc2)C1c1ccc(C(C)(C)C)cc1. The summed E-state index contributed by atoms with van der Waals surface area (Å²) in [5, 5.41) is 10.7. The van der Waals surface area contributed by atoms with Crippen molar-refractivity contribution in [1.82, 2.24) is 4.90 Å². The number of aliphatic hydroxyl groups excluding tert-OH is 1. The second kappa shape index (κ2) is 9.51. The lowest BCUT2D eigenvalue weighted by atomic mass is 9.85. The molecule has 1 aliphatic heterocycles. The van der Waals surface area contributed by atoms with Gasteiger partial charge in [0.2, 0.25) is 0 Å². The molecule has 2 aromatic carbocycles. The van der Waals surface area contributed by atoms with Crippen molar-refractivity contribution in [3.8, 4) is 0 Å². The zero-order valence-electron chi connectivity index (χ0n) is 19.0. The number of carbonyl (C=O) groups excluding carboxylic acids is 2. The number of amides is 1. The Labute approximate surface area is 185 Å². The van der Waals surface area contributed by atoms with Crippen molar-refractivity contribution in [1.29, 1.82) is 0 Å². The first-order valence-electron chi connectivity index (χ1n) is 11.2. The normalized spacial score (nSPS) is 16.8. The van der Waals surface area contributed by atoms with E-state index >= 15 is 0 Å². The summed E-state index contributed by atoms with van der Waals surface area (Å²) in [6, 6.07) is 17.4. The lowest BCUT2D eigenvalue weighted by molar-refractivity contribution is -0.129. The van der Waals surface area contributed by atoms with Gasteiger partial charge in [-0.1, -0.05) is 88.7 Å². The molecule has 0 bridgehead atoms. The Kier molecular flexibility index (Phi) is 6.99. The first kappa shape index (κ1) is 22.8. The molecule has 2 aromatic rings. The highest BCUT2D eigenvalue weighted by Gasteiger charge is 2.42. The van der Waals surface area contributed by atoms with E-state index in [1.165, 1.54) is 5.56 Å². The summed E-state index contributed by atoms with van der Waals surface area (Å²) in [5.41, 5.74) is 3.36. The number of aryl methyl sites for hydroxylation is 1. The van der Waals surface area contributed by atoms with Crippen molar-refractivity contribution in [3.63, 3.8) is 0 Å². The molecule has 31 heavy (non-hydrogen) atoms. The average molecular weight is 420 g/mol. The Bertz CT molecular complexity index is 952. The Morgan fingerprint density at radius 2 is 1.68 bits per heavy atom. The Morgan fingerprint density at radius 1 is 1.03 bits per heavy atom. The van der Waals surface area contributed by atoms with Crippen molar-refractivity contribution in [2.24, 2.45) is 0 Å². The molecular weight excluding hydrogens is 386 g/mol. The van der Waals surface area contributed by atoms with E-state index in [1.54, 1.807) is 4.90 Å². The lowest BCUT2D eigenvalue weighted by Crippen LogP contribution is -2.32. The van der Waals surface area contributed by atoms with Crippen LogP contribution in [0.2, 0.25) is 0 Å². The van der Waals surface area contributed by atoms with Gasteiger partial charge in [0.05, 0.1) is 11.6 Å². The summed E-state index contributed by atoms with van der Waals surface area (Å²) >= 11 is 0. The maximum Gasteiger partial charge on any atom is 0.290 e. The van der Waals surface area contributed by atoms with E-state index in [2.05, 4.69) is 39.8 Å². The Hall–Kier alpha value is -2.88. The second-order valence-electron chi connectivity index (χ2n) is 9.30. The van der Waals surface area contributed by atoms with Crippen LogP contribution in [0.15, 0.2) is 65.9 Å². The largest absolute Gasteiger partial charge is 0.503 e. The van der Waals surface area contributed by atoms with Gasteiger partial charge in [-0.2, -0.15) is 0 Å². The number of rotatable bonds is 8. The van der Waals surface area contributed by atoms with E-state index in [-0.39, 0.29) is 29.0 Å². The number of nitrogens with zero attached hydrogens (tertiary/aromatic N) is 1. The van der Waals surface area contributed by atoms with Gasteiger partial charge in [-0.25, -0.2) is 0 Å². The topological polar surface area (TPSA) is 57.6 Å². The predicted octanol–water partition coefficient (Wildman–Crippen LogP) is 5.68. The van der Waals surface area contributed by atoms with Crippen LogP contribution in [0.5, 0.6) is 0 Å². The molecule has 0 saturated carbocycles. The standard InChI is InChI=1S/C27H33NO3/c1-5-6-18-28-24(20-13-15-21(16-14-20)27(2,3)4)23(25(30)26(28)31)22(29)17-12-19-10-8-7-9-11-19/h7-11,13-16,24,30H,5-6,12,17-18H2,1-4H3. The molecule has 0 radical (unpaired) electrons. The summed E-state index contributed by atoms with van der Waals surface area (Å²) in [6.07, 6.45) is 2.59. The smallest absolute Gasteiger partial charge is 0.290 e. The minimum atomic E-state index is -0.531. The first-order valence-corrected chi connectivity index (χ1v) is 11.2. The Morgan fingerprint density at radius 3 is 2.26 bits per heavy atom. The highest BCUT2D eigenvalue weighted by Crippen LogP contribution is 2.39. The summed E-state index contributed by atoms with van der Waals surface area (Å²) < 4.78 is 0. The molecule has 0 aromatic heterocycles. The first-order chi connectivity index (χ1) is 14.7. The van der Waals surface area contributed by atoms with Gasteiger partial charge >= 0.3 is 0 Å². The van der Waals surface area contributed by atoms with E-state index in [4.69, 9.17) is 0 Å². The van der Waals surface area contributed by atoms with Gasteiger partial charge in [-0.05, 0) is 34.9 Å². The number of hydrogen-bond donors (Lipinski definition) is 1. The fraction of sp³-hybridized carbons (Fsp3) is 0.407. The zero-order valence-corrected chi connectivity index (χ0v) is 19.0. The van der Waals surface area contributed by atoms with Crippen LogP contribution in [0.1, 0.15) is 69.7 Å². The van der Waals surface area contributed by atoms with Crippen LogP contribution in [-0.2, 0) is 21.4 Å². The molecule has 0 aliphatic carbocycles. The number of ketones is 1. The van der Waals surface area contributed by atoms with Gasteiger partial charge in [-0.3, -0.25) is 9.59 Å². The van der Waals surface area contributed by atoms with Crippen LogP contribution in [0.4, 0.5) is 0 Å². The van der Waals surface area contributed by atoms with Gasteiger partial charge in [0.15, 0.2) is 11.5 Å². The van der Waals surface area contributed by atoms with Crippen LogP contribution in [0.25, 0.3) is 0 Å². The van der Waals surface area contributed by atoms with Gasteiger partial charge in [0.25, 0.3) is 5.91 Å². The molecule has 1 atom stereocenters. The van der Waals surface area contributed by atoms with E-state index in [0.717, 1.165) is 24.0 Å². The number of hydrogen-bond acceptors (Lipinski definition) is 3. The van der Waals surface area contributed by atoms with Crippen molar-refractivity contribution < 1.29 is 14.7 Å². The third kappa shape index (κ3) is 5.07. The number of carbonyl (C=O) groups is 2. The predicted molar refractivity (Wildman–Crippen MR) is 124 cm³/mol. The number of aliphatic hydroxyl groups is 1. The molecule has 1 aliphatic rings. The van der Waals surface area contributed by atoms with Crippen LogP contribution in [0.3, 0.4) is 0 Å². The van der Waals surface area contributed by atoms with Gasteiger partial charge in [-0.15, -0.1) is 0 Å². The Balaban J connectivity index is 1.92. The van der Waals surface area contributed by atoms with E-state index in [9.17, 15) is 14.7 Å². The maximum atomic E-state index is 13.2.